The lowest BCUT2D eigenvalue weighted by Crippen LogP contribution is -2.47. The Morgan fingerprint density at radius 2 is 2.55 bits per heavy atom. The number of carbonyl (C=O) groups excluding carboxylic acids is 1. The summed E-state index contributed by atoms with van der Waals surface area (Å²) in [4.78, 5) is 15.2. The van der Waals surface area contributed by atoms with Gasteiger partial charge in [0.1, 0.15) is 6.04 Å². The standard InChI is InChI=1S/C7H13N3O/c1-5-9-4-3-6(10-5)7(11)8-2/h6H,3-4H2,1-2H3,(H,8,11)(H,9,10). The zero-order valence-electron chi connectivity index (χ0n) is 6.85. The highest BCUT2D eigenvalue weighted by atomic mass is 16.2. The zero-order chi connectivity index (χ0) is 8.27. The van der Waals surface area contributed by atoms with E-state index in [2.05, 4.69) is 15.6 Å². The van der Waals surface area contributed by atoms with Crippen LogP contribution < -0.4 is 10.6 Å². The number of rotatable bonds is 1. The van der Waals surface area contributed by atoms with E-state index >= 15 is 0 Å². The summed E-state index contributed by atoms with van der Waals surface area (Å²) in [7, 11) is 1.64. The fraction of sp³-hybridized carbons (Fsp3) is 0.714. The molecule has 0 fully saturated rings. The maximum atomic E-state index is 11.1. The summed E-state index contributed by atoms with van der Waals surface area (Å²) in [5, 5.41) is 5.60. The topological polar surface area (TPSA) is 53.5 Å². The van der Waals surface area contributed by atoms with Crippen LogP contribution in [-0.2, 0) is 4.79 Å². The molecule has 2 N–H and O–H groups in total. The van der Waals surface area contributed by atoms with Crippen molar-refractivity contribution in [2.75, 3.05) is 13.6 Å². The molecule has 0 aromatic heterocycles. The van der Waals surface area contributed by atoms with Crippen LogP contribution in [0.1, 0.15) is 13.3 Å². The Bertz CT molecular complexity index is 188. The van der Waals surface area contributed by atoms with Crippen LogP contribution in [0.4, 0.5) is 0 Å². The van der Waals surface area contributed by atoms with Crippen molar-refractivity contribution >= 4 is 11.7 Å². The lowest BCUT2D eigenvalue weighted by Gasteiger charge is -2.21. The quantitative estimate of drug-likeness (QED) is 0.537. The first-order valence-corrected chi connectivity index (χ1v) is 3.73. The third-order valence-electron chi connectivity index (χ3n) is 1.71. The van der Waals surface area contributed by atoms with E-state index in [1.165, 1.54) is 0 Å². The molecule has 0 aliphatic carbocycles. The summed E-state index contributed by atoms with van der Waals surface area (Å²) in [5.41, 5.74) is 0. The minimum atomic E-state index is -0.0856. The Morgan fingerprint density at radius 1 is 1.82 bits per heavy atom. The zero-order valence-corrected chi connectivity index (χ0v) is 6.85. The van der Waals surface area contributed by atoms with E-state index in [1.807, 2.05) is 6.92 Å². The van der Waals surface area contributed by atoms with E-state index in [1.54, 1.807) is 7.05 Å². The molecule has 0 radical (unpaired) electrons. The monoisotopic (exact) mass is 155 g/mol. The second-order valence-corrected chi connectivity index (χ2v) is 2.57. The minimum Gasteiger partial charge on any atom is -0.362 e. The Hall–Kier alpha value is -1.06. The van der Waals surface area contributed by atoms with Gasteiger partial charge in [-0.1, -0.05) is 0 Å². The number of hydrogen-bond acceptors (Lipinski definition) is 3. The second kappa shape index (κ2) is 3.37. The van der Waals surface area contributed by atoms with Crippen molar-refractivity contribution in [3.05, 3.63) is 0 Å². The van der Waals surface area contributed by atoms with Gasteiger partial charge in [0.05, 0.1) is 5.84 Å². The number of amidine groups is 1. The van der Waals surface area contributed by atoms with Gasteiger partial charge in [-0.2, -0.15) is 0 Å². The van der Waals surface area contributed by atoms with Gasteiger partial charge in [-0.25, -0.2) is 0 Å². The molecule has 0 saturated heterocycles. The average molecular weight is 155 g/mol. The summed E-state index contributed by atoms with van der Waals surface area (Å²) >= 11 is 0. The molecule has 4 nitrogen and oxygen atoms in total. The van der Waals surface area contributed by atoms with E-state index in [4.69, 9.17) is 0 Å². The Morgan fingerprint density at radius 3 is 3.09 bits per heavy atom. The summed E-state index contributed by atoms with van der Waals surface area (Å²) in [6, 6.07) is -0.0856. The Balaban J connectivity index is 2.50. The normalized spacial score (nSPS) is 23.5. The van der Waals surface area contributed by atoms with E-state index in [9.17, 15) is 4.79 Å². The molecule has 4 heteroatoms. The third-order valence-corrected chi connectivity index (χ3v) is 1.71. The number of likely N-dealkylation sites (N-methyl/N-ethyl adjacent to an activating group) is 1. The van der Waals surface area contributed by atoms with E-state index in [0.717, 1.165) is 18.8 Å². The van der Waals surface area contributed by atoms with Crippen LogP contribution in [0.25, 0.3) is 0 Å². The highest BCUT2D eigenvalue weighted by Gasteiger charge is 2.19. The first kappa shape index (κ1) is 8.04. The van der Waals surface area contributed by atoms with Crippen molar-refractivity contribution in [3.63, 3.8) is 0 Å². The number of amides is 1. The van der Waals surface area contributed by atoms with Crippen LogP contribution in [0.2, 0.25) is 0 Å². The number of aliphatic imine (C=N–C) groups is 1. The molecule has 0 aromatic rings. The summed E-state index contributed by atoms with van der Waals surface area (Å²) < 4.78 is 0. The second-order valence-electron chi connectivity index (χ2n) is 2.57. The van der Waals surface area contributed by atoms with Gasteiger partial charge in [0.15, 0.2) is 0 Å². The third kappa shape index (κ3) is 1.93. The van der Waals surface area contributed by atoms with Gasteiger partial charge in [0.25, 0.3) is 0 Å². The maximum Gasteiger partial charge on any atom is 0.242 e. The fourth-order valence-electron chi connectivity index (χ4n) is 1.10. The van der Waals surface area contributed by atoms with Crippen LogP contribution in [0, 0.1) is 0 Å². The van der Waals surface area contributed by atoms with Crippen molar-refractivity contribution in [1.82, 2.24) is 10.6 Å². The molecule has 1 unspecified atom stereocenters. The van der Waals surface area contributed by atoms with Gasteiger partial charge in [-0.05, 0) is 13.3 Å². The van der Waals surface area contributed by atoms with Crippen molar-refractivity contribution in [3.8, 4) is 0 Å². The number of carbonyl (C=O) groups is 1. The van der Waals surface area contributed by atoms with Gasteiger partial charge < -0.3 is 10.6 Å². The number of nitrogens with one attached hydrogen (secondary N) is 2. The van der Waals surface area contributed by atoms with Crippen LogP contribution >= 0.6 is 0 Å². The van der Waals surface area contributed by atoms with Gasteiger partial charge in [0, 0.05) is 13.6 Å². The molecule has 1 rings (SSSR count). The highest BCUT2D eigenvalue weighted by molar-refractivity contribution is 5.89. The smallest absolute Gasteiger partial charge is 0.242 e. The molecule has 1 aliphatic heterocycles. The summed E-state index contributed by atoms with van der Waals surface area (Å²) in [6.45, 7) is 2.62. The van der Waals surface area contributed by atoms with E-state index in [0.29, 0.717) is 0 Å². The Labute approximate surface area is 66.1 Å². The molecule has 62 valence electrons. The predicted molar refractivity (Wildman–Crippen MR) is 43.6 cm³/mol. The molecule has 1 amide bonds. The molecule has 1 aliphatic rings. The van der Waals surface area contributed by atoms with Crippen molar-refractivity contribution in [2.45, 2.75) is 19.4 Å². The highest BCUT2D eigenvalue weighted by Crippen LogP contribution is 1.98. The molecule has 0 spiro atoms. The molecular formula is C7H13N3O. The molecule has 1 heterocycles. The first-order chi connectivity index (χ1) is 5.24. The summed E-state index contributed by atoms with van der Waals surface area (Å²) in [5.74, 6) is 0.893. The van der Waals surface area contributed by atoms with Crippen molar-refractivity contribution in [2.24, 2.45) is 4.99 Å². The predicted octanol–water partition coefficient (Wildman–Crippen LogP) is -0.487. The molecule has 0 aromatic carbocycles. The molecule has 1 atom stereocenters. The van der Waals surface area contributed by atoms with Crippen LogP contribution in [0.15, 0.2) is 4.99 Å². The van der Waals surface area contributed by atoms with Crippen LogP contribution in [0.5, 0.6) is 0 Å². The van der Waals surface area contributed by atoms with Crippen LogP contribution in [0.3, 0.4) is 0 Å². The number of hydrogen-bond donors (Lipinski definition) is 2. The summed E-state index contributed by atoms with van der Waals surface area (Å²) in [6.07, 6.45) is 0.789. The average Bonchev–Trinajstić information content (AvgIpc) is 2.03. The van der Waals surface area contributed by atoms with Gasteiger partial charge in [-0.3, -0.25) is 9.79 Å². The molecule has 0 bridgehead atoms. The first-order valence-electron chi connectivity index (χ1n) is 3.73. The maximum absolute atomic E-state index is 11.1. The van der Waals surface area contributed by atoms with Crippen molar-refractivity contribution in [1.29, 1.82) is 0 Å². The van der Waals surface area contributed by atoms with Gasteiger partial charge in [0.2, 0.25) is 5.91 Å². The minimum absolute atomic E-state index is 0.0410. The van der Waals surface area contributed by atoms with E-state index < -0.39 is 0 Å². The Kier molecular flexibility index (Phi) is 2.46. The van der Waals surface area contributed by atoms with Gasteiger partial charge >= 0.3 is 0 Å². The number of nitrogens with zero attached hydrogens (tertiary/aromatic N) is 1. The molecule has 11 heavy (non-hydrogen) atoms. The van der Waals surface area contributed by atoms with Crippen molar-refractivity contribution < 1.29 is 4.79 Å². The fourth-order valence-corrected chi connectivity index (χ4v) is 1.10. The van der Waals surface area contributed by atoms with E-state index in [-0.39, 0.29) is 11.9 Å². The largest absolute Gasteiger partial charge is 0.362 e. The van der Waals surface area contributed by atoms with Gasteiger partial charge in [-0.15, -0.1) is 0 Å². The molecule has 0 saturated carbocycles. The lowest BCUT2D eigenvalue weighted by molar-refractivity contribution is -0.122. The lowest BCUT2D eigenvalue weighted by atomic mass is 10.1. The van der Waals surface area contributed by atoms with Crippen LogP contribution in [-0.4, -0.2) is 31.4 Å². The SMILES string of the molecule is CNC(=O)C1CCN=C(C)N1. The molecular weight excluding hydrogens is 142 g/mol.